The highest BCUT2D eigenvalue weighted by atomic mass is 16.2. The lowest BCUT2D eigenvalue weighted by Crippen LogP contribution is -2.52. The summed E-state index contributed by atoms with van der Waals surface area (Å²) in [4.78, 5) is 13.2. The van der Waals surface area contributed by atoms with Gasteiger partial charge in [0.15, 0.2) is 0 Å². The van der Waals surface area contributed by atoms with Crippen LogP contribution in [0.1, 0.15) is 40.0 Å². The third-order valence-electron chi connectivity index (χ3n) is 3.03. The van der Waals surface area contributed by atoms with E-state index in [9.17, 15) is 4.79 Å². The van der Waals surface area contributed by atoms with Crippen LogP contribution in [-0.2, 0) is 4.79 Å². The average Bonchev–Trinajstić information content (AvgIpc) is 2.17. The Balaban J connectivity index is 2.21. The fraction of sp³-hybridized carbons (Fsp3) is 0.917. The average molecular weight is 212 g/mol. The zero-order valence-electron chi connectivity index (χ0n) is 10.3. The van der Waals surface area contributed by atoms with Gasteiger partial charge in [0.1, 0.15) is 0 Å². The predicted molar refractivity (Wildman–Crippen MR) is 62.7 cm³/mol. The number of carbonyl (C=O) groups excluding carboxylic acids is 1. The zero-order chi connectivity index (χ0) is 11.3. The fourth-order valence-electron chi connectivity index (χ4n) is 2.08. The highest BCUT2D eigenvalue weighted by molar-refractivity contribution is 5.73. The molecule has 0 aliphatic carbocycles. The summed E-state index contributed by atoms with van der Waals surface area (Å²) in [5, 5.41) is 3.48. The number of hydrogen-bond acceptors (Lipinski definition) is 2. The number of rotatable bonds is 4. The number of nitrogens with zero attached hydrogens (tertiary/aromatic N) is 1. The van der Waals surface area contributed by atoms with Crippen molar-refractivity contribution in [2.45, 2.75) is 46.1 Å². The molecule has 1 rings (SSSR count). The molecule has 1 heterocycles. The van der Waals surface area contributed by atoms with E-state index in [-0.39, 0.29) is 5.91 Å². The van der Waals surface area contributed by atoms with Crippen LogP contribution in [-0.4, -0.2) is 36.5 Å². The number of piperazine rings is 1. The fourth-order valence-corrected chi connectivity index (χ4v) is 2.08. The van der Waals surface area contributed by atoms with Crippen molar-refractivity contribution in [1.29, 1.82) is 0 Å². The summed E-state index contributed by atoms with van der Waals surface area (Å²) in [5.74, 6) is 1.00. The molecule has 88 valence electrons. The van der Waals surface area contributed by atoms with Crippen LogP contribution in [0, 0.1) is 5.92 Å². The van der Waals surface area contributed by atoms with Gasteiger partial charge < -0.3 is 10.2 Å². The normalized spacial score (nSPS) is 22.1. The molecule has 1 aliphatic heterocycles. The van der Waals surface area contributed by atoms with Crippen LogP contribution >= 0.6 is 0 Å². The van der Waals surface area contributed by atoms with E-state index in [1.165, 1.54) is 19.3 Å². The Kier molecular flexibility index (Phi) is 5.09. The van der Waals surface area contributed by atoms with Gasteiger partial charge in [-0.05, 0) is 12.3 Å². The van der Waals surface area contributed by atoms with Crippen LogP contribution in [0.5, 0.6) is 0 Å². The summed E-state index contributed by atoms with van der Waals surface area (Å²) in [5.41, 5.74) is 0. The molecule has 15 heavy (non-hydrogen) atoms. The standard InChI is InChI=1S/C12H24N2O/c1-10(2)5-4-6-12-9-14(11(3)15)8-7-13-12/h10,12-13H,4-9H2,1-3H3. The van der Waals surface area contributed by atoms with Crippen molar-refractivity contribution in [3.8, 4) is 0 Å². The first-order valence-corrected chi connectivity index (χ1v) is 6.08. The summed E-state index contributed by atoms with van der Waals surface area (Å²) < 4.78 is 0. The molecule has 3 heteroatoms. The van der Waals surface area contributed by atoms with Crippen molar-refractivity contribution in [2.75, 3.05) is 19.6 Å². The smallest absolute Gasteiger partial charge is 0.219 e. The molecule has 0 spiro atoms. The second-order valence-electron chi connectivity index (χ2n) is 4.94. The minimum atomic E-state index is 0.213. The highest BCUT2D eigenvalue weighted by Gasteiger charge is 2.20. The van der Waals surface area contributed by atoms with E-state index in [1.54, 1.807) is 6.92 Å². The van der Waals surface area contributed by atoms with E-state index in [0.29, 0.717) is 6.04 Å². The van der Waals surface area contributed by atoms with Crippen molar-refractivity contribution in [3.05, 3.63) is 0 Å². The summed E-state index contributed by atoms with van der Waals surface area (Å²) in [6, 6.07) is 0.515. The third-order valence-corrected chi connectivity index (χ3v) is 3.03. The van der Waals surface area contributed by atoms with Gasteiger partial charge in [-0.15, -0.1) is 0 Å². The van der Waals surface area contributed by atoms with Gasteiger partial charge in [-0.25, -0.2) is 0 Å². The summed E-state index contributed by atoms with van der Waals surface area (Å²) in [6.07, 6.45) is 3.75. The molecule has 1 N–H and O–H groups in total. The maximum Gasteiger partial charge on any atom is 0.219 e. The lowest BCUT2D eigenvalue weighted by molar-refractivity contribution is -0.130. The van der Waals surface area contributed by atoms with Crippen LogP contribution < -0.4 is 5.32 Å². The Morgan fingerprint density at radius 3 is 2.87 bits per heavy atom. The van der Waals surface area contributed by atoms with Gasteiger partial charge in [0.05, 0.1) is 0 Å². The van der Waals surface area contributed by atoms with Crippen molar-refractivity contribution in [2.24, 2.45) is 5.92 Å². The lowest BCUT2D eigenvalue weighted by Gasteiger charge is -2.33. The number of hydrogen-bond donors (Lipinski definition) is 1. The Morgan fingerprint density at radius 2 is 2.27 bits per heavy atom. The molecule has 0 bridgehead atoms. The molecule has 3 nitrogen and oxygen atoms in total. The van der Waals surface area contributed by atoms with Gasteiger partial charge in [-0.2, -0.15) is 0 Å². The zero-order valence-corrected chi connectivity index (χ0v) is 10.3. The van der Waals surface area contributed by atoms with Gasteiger partial charge in [0, 0.05) is 32.6 Å². The number of carbonyl (C=O) groups is 1. The molecular formula is C12H24N2O. The Morgan fingerprint density at radius 1 is 1.53 bits per heavy atom. The van der Waals surface area contributed by atoms with E-state index in [1.807, 2.05) is 4.90 Å². The monoisotopic (exact) mass is 212 g/mol. The molecule has 0 aromatic rings. The van der Waals surface area contributed by atoms with Crippen molar-refractivity contribution in [3.63, 3.8) is 0 Å². The Hall–Kier alpha value is -0.570. The van der Waals surface area contributed by atoms with Crippen LogP contribution in [0.3, 0.4) is 0 Å². The largest absolute Gasteiger partial charge is 0.340 e. The van der Waals surface area contributed by atoms with Gasteiger partial charge in [0.25, 0.3) is 0 Å². The first-order chi connectivity index (χ1) is 7.09. The molecule has 0 aromatic carbocycles. The summed E-state index contributed by atoms with van der Waals surface area (Å²) >= 11 is 0. The van der Waals surface area contributed by atoms with Gasteiger partial charge in [0.2, 0.25) is 5.91 Å². The predicted octanol–water partition coefficient (Wildman–Crippen LogP) is 1.63. The van der Waals surface area contributed by atoms with Crippen molar-refractivity contribution in [1.82, 2.24) is 10.2 Å². The van der Waals surface area contributed by atoms with Crippen molar-refractivity contribution < 1.29 is 4.79 Å². The molecule has 1 saturated heterocycles. The minimum Gasteiger partial charge on any atom is -0.340 e. The Bertz CT molecular complexity index is 204. The minimum absolute atomic E-state index is 0.213. The molecule has 1 atom stereocenters. The molecule has 1 unspecified atom stereocenters. The Labute approximate surface area is 93.2 Å². The molecule has 0 aromatic heterocycles. The SMILES string of the molecule is CC(=O)N1CCNC(CCCC(C)C)C1. The molecule has 1 fully saturated rings. The van der Waals surface area contributed by atoms with Gasteiger partial charge >= 0.3 is 0 Å². The highest BCUT2D eigenvalue weighted by Crippen LogP contribution is 2.11. The quantitative estimate of drug-likeness (QED) is 0.768. The van der Waals surface area contributed by atoms with Crippen LogP contribution in [0.25, 0.3) is 0 Å². The van der Waals surface area contributed by atoms with Crippen molar-refractivity contribution >= 4 is 5.91 Å². The maximum atomic E-state index is 11.2. The van der Waals surface area contributed by atoms with Crippen LogP contribution in [0.2, 0.25) is 0 Å². The van der Waals surface area contributed by atoms with Crippen LogP contribution in [0.4, 0.5) is 0 Å². The molecule has 0 radical (unpaired) electrons. The van der Waals surface area contributed by atoms with E-state index >= 15 is 0 Å². The summed E-state index contributed by atoms with van der Waals surface area (Å²) in [7, 11) is 0. The number of amides is 1. The molecule has 1 aliphatic rings. The van der Waals surface area contributed by atoms with E-state index in [2.05, 4.69) is 19.2 Å². The second kappa shape index (κ2) is 6.11. The van der Waals surface area contributed by atoms with Crippen LogP contribution in [0.15, 0.2) is 0 Å². The lowest BCUT2D eigenvalue weighted by atomic mass is 10.0. The molecular weight excluding hydrogens is 188 g/mol. The second-order valence-corrected chi connectivity index (χ2v) is 4.94. The van der Waals surface area contributed by atoms with E-state index in [4.69, 9.17) is 0 Å². The third kappa shape index (κ3) is 4.65. The molecule has 0 saturated carbocycles. The molecule has 1 amide bonds. The first kappa shape index (κ1) is 12.5. The topological polar surface area (TPSA) is 32.3 Å². The van der Waals surface area contributed by atoms with Gasteiger partial charge in [-0.3, -0.25) is 4.79 Å². The van der Waals surface area contributed by atoms with E-state index < -0.39 is 0 Å². The van der Waals surface area contributed by atoms with Gasteiger partial charge in [-0.1, -0.05) is 26.7 Å². The summed E-state index contributed by atoms with van der Waals surface area (Å²) in [6.45, 7) is 8.90. The maximum absolute atomic E-state index is 11.2. The van der Waals surface area contributed by atoms with E-state index in [0.717, 1.165) is 25.6 Å². The number of nitrogens with one attached hydrogen (secondary N) is 1. The first-order valence-electron chi connectivity index (χ1n) is 6.08.